The van der Waals surface area contributed by atoms with Crippen molar-refractivity contribution in [1.29, 1.82) is 0 Å². The molecule has 1 aliphatic rings. The van der Waals surface area contributed by atoms with Gasteiger partial charge in [0.15, 0.2) is 0 Å². The Labute approximate surface area is 109 Å². The molecule has 0 aromatic heterocycles. The normalized spacial score (nSPS) is 16.3. The van der Waals surface area contributed by atoms with Crippen LogP contribution in [0.5, 0.6) is 0 Å². The lowest BCUT2D eigenvalue weighted by molar-refractivity contribution is -0.137. The quantitative estimate of drug-likeness (QED) is 0.590. The Hall–Kier alpha value is -1.06. The van der Waals surface area contributed by atoms with Crippen molar-refractivity contribution in [2.24, 2.45) is 11.8 Å². The van der Waals surface area contributed by atoms with Crippen molar-refractivity contribution in [2.45, 2.75) is 58.3 Å². The molecule has 2 N–H and O–H groups in total. The van der Waals surface area contributed by atoms with Crippen LogP contribution in [0.2, 0.25) is 0 Å². The molecule has 0 aliphatic heterocycles. The van der Waals surface area contributed by atoms with Crippen molar-refractivity contribution in [1.82, 2.24) is 5.32 Å². The molecule has 1 rings (SSSR count). The predicted octanol–water partition coefficient (Wildman–Crippen LogP) is 2.57. The van der Waals surface area contributed by atoms with Gasteiger partial charge < -0.3 is 10.4 Å². The van der Waals surface area contributed by atoms with E-state index in [0.29, 0.717) is 5.92 Å². The molecule has 104 valence electrons. The first-order valence-electron chi connectivity index (χ1n) is 7.10. The predicted molar refractivity (Wildman–Crippen MR) is 70.2 cm³/mol. The maximum absolute atomic E-state index is 11.7. The molecule has 18 heavy (non-hydrogen) atoms. The maximum Gasteiger partial charge on any atom is 0.303 e. The first-order chi connectivity index (χ1) is 8.61. The highest BCUT2D eigenvalue weighted by atomic mass is 16.4. The van der Waals surface area contributed by atoms with Crippen LogP contribution in [0.3, 0.4) is 0 Å². The number of rotatable bonds is 10. The molecule has 4 nitrogen and oxygen atoms in total. The van der Waals surface area contributed by atoms with Crippen LogP contribution in [-0.2, 0) is 9.59 Å². The van der Waals surface area contributed by atoms with Crippen LogP contribution in [0.1, 0.15) is 58.3 Å². The Morgan fingerprint density at radius 1 is 1.17 bits per heavy atom. The molecule has 4 heteroatoms. The highest BCUT2D eigenvalue weighted by Crippen LogP contribution is 2.36. The average molecular weight is 255 g/mol. The molecule has 0 saturated heterocycles. The topological polar surface area (TPSA) is 66.4 Å². The smallest absolute Gasteiger partial charge is 0.303 e. The van der Waals surface area contributed by atoms with Crippen molar-refractivity contribution in [3.8, 4) is 0 Å². The SMILES string of the molecule is CC(C(=O)NCCCCCCCC(=O)O)C1CC1. The molecule has 0 spiro atoms. The van der Waals surface area contributed by atoms with Crippen LogP contribution in [0.15, 0.2) is 0 Å². The van der Waals surface area contributed by atoms with Gasteiger partial charge in [-0.25, -0.2) is 0 Å². The fourth-order valence-electron chi connectivity index (χ4n) is 2.11. The molecule has 1 unspecified atom stereocenters. The van der Waals surface area contributed by atoms with Crippen molar-refractivity contribution in [3.63, 3.8) is 0 Å². The number of amides is 1. The Balaban J connectivity index is 1.86. The van der Waals surface area contributed by atoms with Gasteiger partial charge >= 0.3 is 5.97 Å². The Kier molecular flexibility index (Phi) is 6.76. The number of hydrogen-bond acceptors (Lipinski definition) is 2. The van der Waals surface area contributed by atoms with Gasteiger partial charge in [-0.3, -0.25) is 9.59 Å². The lowest BCUT2D eigenvalue weighted by atomic mass is 10.1. The second-order valence-corrected chi connectivity index (χ2v) is 5.33. The summed E-state index contributed by atoms with van der Waals surface area (Å²) in [6, 6.07) is 0. The van der Waals surface area contributed by atoms with Crippen molar-refractivity contribution >= 4 is 11.9 Å². The number of carboxylic acid groups (broad SMARTS) is 1. The zero-order valence-corrected chi connectivity index (χ0v) is 11.3. The zero-order valence-electron chi connectivity index (χ0n) is 11.3. The largest absolute Gasteiger partial charge is 0.481 e. The average Bonchev–Trinajstić information content (AvgIpc) is 3.15. The van der Waals surface area contributed by atoms with E-state index < -0.39 is 5.97 Å². The van der Waals surface area contributed by atoms with Crippen molar-refractivity contribution < 1.29 is 14.7 Å². The minimum Gasteiger partial charge on any atom is -0.481 e. The second-order valence-electron chi connectivity index (χ2n) is 5.33. The first-order valence-corrected chi connectivity index (χ1v) is 7.10. The van der Waals surface area contributed by atoms with Gasteiger partial charge in [-0.15, -0.1) is 0 Å². The molecule has 1 atom stereocenters. The third-order valence-electron chi connectivity index (χ3n) is 3.61. The lowest BCUT2D eigenvalue weighted by Gasteiger charge is -2.10. The van der Waals surface area contributed by atoms with Crippen LogP contribution in [-0.4, -0.2) is 23.5 Å². The maximum atomic E-state index is 11.7. The number of carbonyl (C=O) groups is 2. The molecule has 1 fully saturated rings. The standard InChI is InChI=1S/C14H25NO3/c1-11(12-8-9-12)14(18)15-10-6-4-2-3-5-7-13(16)17/h11-12H,2-10H2,1H3,(H,15,18)(H,16,17). The molecular formula is C14H25NO3. The number of aliphatic carboxylic acids is 1. The molecule has 0 aromatic carbocycles. The summed E-state index contributed by atoms with van der Waals surface area (Å²) < 4.78 is 0. The van der Waals surface area contributed by atoms with E-state index in [9.17, 15) is 9.59 Å². The fraction of sp³-hybridized carbons (Fsp3) is 0.857. The Morgan fingerprint density at radius 3 is 2.39 bits per heavy atom. The number of carbonyl (C=O) groups excluding carboxylic acids is 1. The molecule has 0 aromatic rings. The summed E-state index contributed by atoms with van der Waals surface area (Å²) in [4.78, 5) is 21.9. The van der Waals surface area contributed by atoms with Crippen LogP contribution in [0.4, 0.5) is 0 Å². The molecule has 0 radical (unpaired) electrons. The third kappa shape index (κ3) is 6.62. The van der Waals surface area contributed by atoms with Gasteiger partial charge in [0.2, 0.25) is 5.91 Å². The molecule has 1 aliphatic carbocycles. The summed E-state index contributed by atoms with van der Waals surface area (Å²) in [7, 11) is 0. The van der Waals surface area contributed by atoms with Crippen LogP contribution >= 0.6 is 0 Å². The Bertz CT molecular complexity index is 274. The second kappa shape index (κ2) is 8.11. The van der Waals surface area contributed by atoms with E-state index in [2.05, 4.69) is 5.32 Å². The summed E-state index contributed by atoms with van der Waals surface area (Å²) >= 11 is 0. The van der Waals surface area contributed by atoms with Gasteiger partial charge in [0, 0.05) is 18.9 Å². The number of hydrogen-bond donors (Lipinski definition) is 2. The van der Waals surface area contributed by atoms with Gasteiger partial charge in [0.05, 0.1) is 0 Å². The van der Waals surface area contributed by atoms with Crippen LogP contribution in [0, 0.1) is 11.8 Å². The number of unbranched alkanes of at least 4 members (excludes halogenated alkanes) is 4. The molecule has 1 saturated carbocycles. The minimum absolute atomic E-state index is 0.181. The third-order valence-corrected chi connectivity index (χ3v) is 3.61. The van der Waals surface area contributed by atoms with E-state index in [1.807, 2.05) is 6.92 Å². The van der Waals surface area contributed by atoms with Gasteiger partial charge in [0.1, 0.15) is 0 Å². The van der Waals surface area contributed by atoms with Crippen LogP contribution in [0.25, 0.3) is 0 Å². The molecular weight excluding hydrogens is 230 g/mol. The zero-order chi connectivity index (χ0) is 13.4. The minimum atomic E-state index is -0.712. The van der Waals surface area contributed by atoms with E-state index in [1.165, 1.54) is 12.8 Å². The molecule has 1 amide bonds. The Morgan fingerprint density at radius 2 is 1.78 bits per heavy atom. The summed E-state index contributed by atoms with van der Waals surface area (Å²) in [5, 5.41) is 11.4. The first kappa shape index (κ1) is 15.0. The van der Waals surface area contributed by atoms with E-state index in [-0.39, 0.29) is 18.2 Å². The highest BCUT2D eigenvalue weighted by Gasteiger charge is 2.32. The summed E-state index contributed by atoms with van der Waals surface area (Å²) in [5.74, 6) is 0.293. The van der Waals surface area contributed by atoms with Gasteiger partial charge in [0.25, 0.3) is 0 Å². The highest BCUT2D eigenvalue weighted by molar-refractivity contribution is 5.78. The van der Waals surface area contributed by atoms with Gasteiger partial charge in [-0.2, -0.15) is 0 Å². The van der Waals surface area contributed by atoms with Gasteiger partial charge in [-0.1, -0.05) is 26.2 Å². The van der Waals surface area contributed by atoms with Crippen LogP contribution < -0.4 is 5.32 Å². The molecule has 0 heterocycles. The van der Waals surface area contributed by atoms with E-state index in [1.54, 1.807) is 0 Å². The summed E-state index contributed by atoms with van der Waals surface area (Å²) in [6.45, 7) is 2.77. The van der Waals surface area contributed by atoms with E-state index in [0.717, 1.165) is 38.6 Å². The fourth-order valence-corrected chi connectivity index (χ4v) is 2.11. The van der Waals surface area contributed by atoms with Crippen molar-refractivity contribution in [2.75, 3.05) is 6.54 Å². The summed E-state index contributed by atoms with van der Waals surface area (Å²) in [6.07, 6.45) is 7.54. The number of nitrogens with one attached hydrogen (secondary N) is 1. The number of carboxylic acids is 1. The monoisotopic (exact) mass is 255 g/mol. The molecule has 0 bridgehead atoms. The van der Waals surface area contributed by atoms with Gasteiger partial charge in [-0.05, 0) is 31.6 Å². The van der Waals surface area contributed by atoms with E-state index in [4.69, 9.17) is 5.11 Å². The lowest BCUT2D eigenvalue weighted by Crippen LogP contribution is -2.30. The summed E-state index contributed by atoms with van der Waals surface area (Å²) in [5.41, 5.74) is 0. The van der Waals surface area contributed by atoms with E-state index >= 15 is 0 Å². The van der Waals surface area contributed by atoms with Crippen molar-refractivity contribution in [3.05, 3.63) is 0 Å².